The average molecular weight is 584 g/mol. The van der Waals surface area contributed by atoms with Crippen molar-refractivity contribution in [2.75, 3.05) is 0 Å². The number of hydrogen-bond donors (Lipinski definition) is 0. The molecule has 4 aromatic rings. The molecule has 30 heavy (non-hydrogen) atoms. The van der Waals surface area contributed by atoms with E-state index in [0.29, 0.717) is 5.69 Å². The molecule has 3 aromatic carbocycles. The molecule has 1 aromatic heterocycles. The minimum atomic E-state index is -2.97. The van der Waals surface area contributed by atoms with Crippen LogP contribution in [0.3, 0.4) is 0 Å². The first-order valence-electron chi connectivity index (χ1n) is 9.12. The summed E-state index contributed by atoms with van der Waals surface area (Å²) in [5.41, 5.74) is 0.403. The zero-order valence-electron chi connectivity index (χ0n) is 15.8. The van der Waals surface area contributed by atoms with Gasteiger partial charge in [-0.05, 0) is 28.1 Å². The van der Waals surface area contributed by atoms with E-state index in [9.17, 15) is 9.65 Å². The van der Waals surface area contributed by atoms with Crippen LogP contribution in [0.4, 0.5) is 4.39 Å². The summed E-state index contributed by atoms with van der Waals surface area (Å²) in [7, 11) is -2.97. The van der Waals surface area contributed by atoms with Crippen LogP contribution in [0, 0.1) is 30.1 Å². The molecule has 147 valence electrons. The molecule has 0 aliphatic rings. The Balaban J connectivity index is 0.00000256. The molecule has 2 nitrogen and oxygen atoms in total. The predicted octanol–water partition coefficient (Wildman–Crippen LogP) is 2.33. The zero-order valence-corrected chi connectivity index (χ0v) is 19.2. The molecule has 0 aliphatic heterocycles. The van der Waals surface area contributed by atoms with Gasteiger partial charge in [0.1, 0.15) is 0 Å². The minimum Gasteiger partial charge on any atom is -0.283 e. The van der Waals surface area contributed by atoms with Gasteiger partial charge in [0.2, 0.25) is 0 Å². The summed E-state index contributed by atoms with van der Waals surface area (Å²) in [6.45, 7) is 6.06. The third-order valence-corrected chi connectivity index (χ3v) is 9.54. The van der Waals surface area contributed by atoms with E-state index >= 15 is 0 Å². The number of pyridine rings is 1. The number of nitrogens with zero attached hydrogens (tertiary/aromatic N) is 2. The van der Waals surface area contributed by atoms with Gasteiger partial charge in [0.25, 0.3) is 0 Å². The van der Waals surface area contributed by atoms with E-state index in [0.717, 1.165) is 20.9 Å². The van der Waals surface area contributed by atoms with Crippen LogP contribution >= 0.6 is 0 Å². The molecule has 0 bridgehead atoms. The summed E-state index contributed by atoms with van der Waals surface area (Å²) in [5.74, 6) is -0.583. The first kappa shape index (κ1) is 21.8. The number of aromatic nitrogens is 1. The van der Waals surface area contributed by atoms with Gasteiger partial charge in [0.15, 0.2) is 8.07 Å². The topological polar surface area (TPSA) is 36.7 Å². The molecular formula is C25H16FIrN2Si-. The van der Waals surface area contributed by atoms with Crippen LogP contribution in [0.1, 0.15) is 11.3 Å². The Morgan fingerprint density at radius 2 is 1.50 bits per heavy atom. The number of hydrogen-bond acceptors (Lipinski definition) is 2. The zero-order chi connectivity index (χ0) is 20.3. The van der Waals surface area contributed by atoms with Crippen LogP contribution < -0.4 is 20.9 Å². The molecule has 0 N–H and O–H groups in total. The maximum atomic E-state index is 14.2. The smallest absolute Gasteiger partial charge is 0.177 e. The fraction of sp³-hybridized carbons (Fsp3) is 0. The number of halogens is 1. The Bertz CT molecular complexity index is 1150. The quantitative estimate of drug-likeness (QED) is 0.210. The van der Waals surface area contributed by atoms with Crippen molar-refractivity contribution in [2.24, 2.45) is 0 Å². The second kappa shape index (κ2) is 9.27. The van der Waals surface area contributed by atoms with Crippen molar-refractivity contribution < 1.29 is 24.5 Å². The molecule has 0 saturated heterocycles. The summed E-state index contributed by atoms with van der Waals surface area (Å²) < 4.78 is 14.2. The summed E-state index contributed by atoms with van der Waals surface area (Å²) in [6, 6.07) is 33.5. The maximum absolute atomic E-state index is 14.2. The van der Waals surface area contributed by atoms with E-state index in [2.05, 4.69) is 6.07 Å². The number of benzene rings is 3. The first-order chi connectivity index (χ1) is 14.2. The second-order valence-corrected chi connectivity index (χ2v) is 10.4. The average Bonchev–Trinajstić information content (AvgIpc) is 2.77. The summed E-state index contributed by atoms with van der Waals surface area (Å²) >= 11 is 0. The van der Waals surface area contributed by atoms with Crippen LogP contribution in [0.5, 0.6) is 0 Å². The van der Waals surface area contributed by atoms with Gasteiger partial charge in [0, 0.05) is 43.9 Å². The Morgan fingerprint density at radius 3 is 2.03 bits per heavy atom. The van der Waals surface area contributed by atoms with Crippen molar-refractivity contribution in [3.8, 4) is 6.07 Å². The monoisotopic (exact) mass is 584 g/mol. The van der Waals surface area contributed by atoms with E-state index < -0.39 is 13.9 Å². The molecule has 0 amide bonds. The molecule has 0 aliphatic carbocycles. The third-order valence-electron chi connectivity index (χ3n) is 4.99. The van der Waals surface area contributed by atoms with Crippen LogP contribution in [-0.4, -0.2) is 13.1 Å². The Hall–Kier alpha value is -2.90. The van der Waals surface area contributed by atoms with Crippen molar-refractivity contribution in [2.45, 2.75) is 0 Å². The van der Waals surface area contributed by atoms with Gasteiger partial charge >= 0.3 is 0 Å². The first-order valence-corrected chi connectivity index (χ1v) is 11.1. The van der Waals surface area contributed by atoms with Crippen molar-refractivity contribution in [1.29, 1.82) is 5.26 Å². The SMILES string of the molecule is [CH]c1cccc([Si](c2[c-]cc(F)c(C#N)c2)(c2ccccc2)c2ccccc2)n1.[Ir]. The summed E-state index contributed by atoms with van der Waals surface area (Å²) in [4.78, 5) is 4.70. The Labute approximate surface area is 190 Å². The third kappa shape index (κ3) is 3.78. The van der Waals surface area contributed by atoms with Gasteiger partial charge in [-0.1, -0.05) is 66.7 Å². The molecule has 0 unspecified atom stereocenters. The van der Waals surface area contributed by atoms with Crippen molar-refractivity contribution >= 4 is 29.0 Å². The van der Waals surface area contributed by atoms with E-state index in [1.165, 1.54) is 6.07 Å². The van der Waals surface area contributed by atoms with Crippen LogP contribution in [-0.2, 0) is 20.1 Å². The fourth-order valence-electron chi connectivity index (χ4n) is 3.72. The Morgan fingerprint density at radius 1 is 0.900 bits per heavy atom. The molecule has 4 rings (SSSR count). The van der Waals surface area contributed by atoms with Gasteiger partial charge < -0.3 is 0 Å². The summed E-state index contributed by atoms with van der Waals surface area (Å²) in [5, 5.41) is 13.1. The molecule has 5 heteroatoms. The van der Waals surface area contributed by atoms with E-state index in [1.54, 1.807) is 12.1 Å². The fourth-order valence-corrected chi connectivity index (χ4v) is 8.22. The normalized spacial score (nSPS) is 10.7. The summed E-state index contributed by atoms with van der Waals surface area (Å²) in [6.07, 6.45) is 0. The van der Waals surface area contributed by atoms with Gasteiger partial charge in [0.05, 0.1) is 6.07 Å². The maximum Gasteiger partial charge on any atom is 0.177 e. The molecule has 0 atom stereocenters. The van der Waals surface area contributed by atoms with E-state index in [4.69, 9.17) is 11.9 Å². The largest absolute Gasteiger partial charge is 0.283 e. The molecule has 0 fully saturated rings. The van der Waals surface area contributed by atoms with Crippen LogP contribution in [0.25, 0.3) is 0 Å². The molecule has 3 radical (unpaired) electrons. The van der Waals surface area contributed by atoms with Crippen molar-refractivity contribution in [3.63, 3.8) is 0 Å². The van der Waals surface area contributed by atoms with E-state index in [-0.39, 0.29) is 25.7 Å². The van der Waals surface area contributed by atoms with Crippen LogP contribution in [0.2, 0.25) is 0 Å². The Kier molecular flexibility index (Phi) is 6.74. The van der Waals surface area contributed by atoms with Crippen molar-refractivity contribution in [3.05, 3.63) is 121 Å². The predicted molar refractivity (Wildman–Crippen MR) is 115 cm³/mol. The standard InChI is InChI=1S/C25H16FN2Si.Ir/c1-19-9-8-14-25(28-19)29(21-10-4-2-5-11-21,22-12-6-3-7-13-22)23-15-16-24(26)20(17-23)18-27;/h1-14,16-17H;/q-1;. The molecule has 1 heterocycles. The second-order valence-electron chi connectivity index (χ2n) is 6.65. The van der Waals surface area contributed by atoms with E-state index in [1.807, 2.05) is 78.9 Å². The molecule has 0 spiro atoms. The van der Waals surface area contributed by atoms with Crippen LogP contribution in [0.15, 0.2) is 91.0 Å². The minimum absolute atomic E-state index is 0. The number of rotatable bonds is 4. The van der Waals surface area contributed by atoms with Gasteiger partial charge in [-0.15, -0.1) is 12.1 Å². The van der Waals surface area contributed by atoms with Gasteiger partial charge in [-0.25, -0.2) is 0 Å². The van der Waals surface area contributed by atoms with Gasteiger partial charge in [-0.2, -0.15) is 16.5 Å². The molecular weight excluding hydrogens is 568 g/mol. The van der Waals surface area contributed by atoms with Gasteiger partial charge in [-0.3, -0.25) is 9.37 Å². The molecule has 0 saturated carbocycles. The number of nitriles is 1. The van der Waals surface area contributed by atoms with Crippen molar-refractivity contribution in [1.82, 2.24) is 4.98 Å².